The third-order valence-electron chi connectivity index (χ3n) is 0.762. The van der Waals surface area contributed by atoms with Gasteiger partial charge in [0, 0.05) is 27.7 Å². The smallest absolute Gasteiger partial charge is 0.0431 e. The molecule has 0 unspecified atom stereocenters. The Morgan fingerprint density at radius 1 is 1.29 bits per heavy atom. The largest absolute Gasteiger partial charge is 0.396 e. The number of unbranched alkanes of at least 4 members (excludes halogenated alkanes) is 2. The normalized spacial score (nSPS) is 7.71. The fraction of sp³-hybridized carbons (Fsp3) is 1.00. The van der Waals surface area contributed by atoms with Crippen LogP contribution in [0.5, 0.6) is 0 Å². The van der Waals surface area contributed by atoms with E-state index in [0.717, 1.165) is 12.8 Å². The maximum atomic E-state index is 8.20. The Kier molecular flexibility index (Phi) is 14.9. The van der Waals surface area contributed by atoms with Crippen molar-refractivity contribution in [2.75, 3.05) is 6.61 Å². The molecule has 0 aromatic carbocycles. The quantitative estimate of drug-likeness (QED) is 0.764. The number of hydrogen-bond acceptors (Lipinski definition) is 1. The first-order valence-corrected chi connectivity index (χ1v) is 2.52. The molecule has 0 aliphatic heterocycles. The molecule has 0 aromatic rings. The zero-order valence-corrected chi connectivity index (χ0v) is 7.62. The molecule has 0 aliphatic carbocycles. The van der Waals surface area contributed by atoms with E-state index >= 15 is 0 Å². The molecule has 0 saturated heterocycles. The maximum absolute atomic E-state index is 8.20. The van der Waals surface area contributed by atoms with Crippen molar-refractivity contribution in [2.24, 2.45) is 0 Å². The van der Waals surface area contributed by atoms with Crippen LogP contribution in [-0.2, 0) is 21.1 Å². The first-order valence-electron chi connectivity index (χ1n) is 2.52. The summed E-state index contributed by atoms with van der Waals surface area (Å²) >= 11 is 0. The second-order valence-electron chi connectivity index (χ2n) is 1.43. The summed E-state index contributed by atoms with van der Waals surface area (Å²) in [6.45, 7) is 2.48. The average molecular weight is 272 g/mol. The standard InChI is InChI=1S/C5H12O.W/c1-2-3-4-5-6;/h6H,2-5H2,1H3;. The van der Waals surface area contributed by atoms with E-state index in [4.69, 9.17) is 5.11 Å². The molecule has 0 bridgehead atoms. The Labute approximate surface area is 59.4 Å². The third kappa shape index (κ3) is 10.8. The van der Waals surface area contributed by atoms with Crippen LogP contribution in [0.3, 0.4) is 0 Å². The van der Waals surface area contributed by atoms with Crippen LogP contribution in [0, 0.1) is 0 Å². The van der Waals surface area contributed by atoms with Crippen LogP contribution in [-0.4, -0.2) is 11.7 Å². The van der Waals surface area contributed by atoms with Crippen LogP contribution >= 0.6 is 0 Å². The molecule has 0 aromatic heterocycles. The van der Waals surface area contributed by atoms with Crippen molar-refractivity contribution in [3.63, 3.8) is 0 Å². The van der Waals surface area contributed by atoms with Crippen molar-refractivity contribution in [1.29, 1.82) is 0 Å². The van der Waals surface area contributed by atoms with E-state index in [9.17, 15) is 0 Å². The number of aliphatic hydroxyl groups excluding tert-OH is 1. The molecule has 7 heavy (non-hydrogen) atoms. The molecule has 0 amide bonds. The number of aliphatic hydroxyl groups is 1. The molecule has 0 rings (SSSR count). The summed E-state index contributed by atoms with van der Waals surface area (Å²) in [7, 11) is 0. The predicted octanol–water partition coefficient (Wildman–Crippen LogP) is 1.17. The zero-order chi connectivity index (χ0) is 4.83. The fourth-order valence-corrected chi connectivity index (χ4v) is 0.362. The molecule has 1 N–H and O–H groups in total. The van der Waals surface area contributed by atoms with Gasteiger partial charge in [0.05, 0.1) is 0 Å². The molecular weight excluding hydrogens is 260 g/mol. The predicted molar refractivity (Wildman–Crippen MR) is 26.6 cm³/mol. The van der Waals surface area contributed by atoms with E-state index in [1.807, 2.05) is 0 Å². The van der Waals surface area contributed by atoms with Gasteiger partial charge >= 0.3 is 0 Å². The van der Waals surface area contributed by atoms with E-state index in [1.54, 1.807) is 0 Å². The van der Waals surface area contributed by atoms with Crippen LogP contribution in [0.15, 0.2) is 0 Å². The summed E-state index contributed by atoms with van der Waals surface area (Å²) in [5, 5.41) is 8.20. The summed E-state index contributed by atoms with van der Waals surface area (Å²) in [5.74, 6) is 0. The van der Waals surface area contributed by atoms with Gasteiger partial charge in [-0.05, 0) is 6.42 Å². The fourth-order valence-electron chi connectivity index (χ4n) is 0.362. The molecule has 0 atom stereocenters. The van der Waals surface area contributed by atoms with Crippen molar-refractivity contribution in [1.82, 2.24) is 0 Å². The second kappa shape index (κ2) is 9.82. The number of rotatable bonds is 3. The van der Waals surface area contributed by atoms with Gasteiger partial charge in [-0.1, -0.05) is 19.8 Å². The van der Waals surface area contributed by atoms with E-state index in [1.165, 1.54) is 6.42 Å². The van der Waals surface area contributed by atoms with E-state index < -0.39 is 0 Å². The Hall–Kier alpha value is 0.648. The van der Waals surface area contributed by atoms with Gasteiger partial charge < -0.3 is 5.11 Å². The van der Waals surface area contributed by atoms with Gasteiger partial charge in [0.1, 0.15) is 0 Å². The third-order valence-corrected chi connectivity index (χ3v) is 0.762. The first kappa shape index (κ1) is 10.6. The monoisotopic (exact) mass is 272 g/mol. The molecule has 2 heteroatoms. The van der Waals surface area contributed by atoms with Crippen molar-refractivity contribution >= 4 is 0 Å². The van der Waals surface area contributed by atoms with Gasteiger partial charge in [-0.2, -0.15) is 0 Å². The van der Waals surface area contributed by atoms with Crippen LogP contribution < -0.4 is 0 Å². The molecule has 0 aliphatic rings. The van der Waals surface area contributed by atoms with Gasteiger partial charge in [0.25, 0.3) is 0 Å². The van der Waals surface area contributed by atoms with Crippen LogP contribution in [0.2, 0.25) is 0 Å². The minimum atomic E-state index is 0. The molecule has 1 nitrogen and oxygen atoms in total. The molecule has 0 fully saturated rings. The average Bonchev–Trinajstić information content (AvgIpc) is 1.61. The van der Waals surface area contributed by atoms with Crippen molar-refractivity contribution in [2.45, 2.75) is 26.2 Å². The molecule has 0 spiro atoms. The second-order valence-corrected chi connectivity index (χ2v) is 1.43. The van der Waals surface area contributed by atoms with E-state index in [-0.39, 0.29) is 21.1 Å². The minimum absolute atomic E-state index is 0. The topological polar surface area (TPSA) is 20.2 Å². The van der Waals surface area contributed by atoms with Gasteiger partial charge in [-0.25, -0.2) is 0 Å². The molecule has 0 radical (unpaired) electrons. The van der Waals surface area contributed by atoms with Crippen molar-refractivity contribution < 1.29 is 26.2 Å². The molecule has 0 saturated carbocycles. The molecular formula is C5H12OW. The summed E-state index contributed by atoms with van der Waals surface area (Å²) in [4.78, 5) is 0. The van der Waals surface area contributed by atoms with Gasteiger partial charge in [0.15, 0.2) is 0 Å². The summed E-state index contributed by atoms with van der Waals surface area (Å²) < 4.78 is 0. The first-order chi connectivity index (χ1) is 2.91. The maximum Gasteiger partial charge on any atom is 0.0431 e. The van der Waals surface area contributed by atoms with Gasteiger partial charge in [-0.3, -0.25) is 0 Å². The van der Waals surface area contributed by atoms with E-state index in [0.29, 0.717) is 6.61 Å². The van der Waals surface area contributed by atoms with Crippen LogP contribution in [0.4, 0.5) is 0 Å². The molecule has 44 valence electrons. The minimum Gasteiger partial charge on any atom is -0.396 e. The van der Waals surface area contributed by atoms with Gasteiger partial charge in [-0.15, -0.1) is 0 Å². The summed E-state index contributed by atoms with van der Waals surface area (Å²) in [6, 6.07) is 0. The molecule has 0 heterocycles. The zero-order valence-electron chi connectivity index (χ0n) is 4.68. The van der Waals surface area contributed by atoms with E-state index in [2.05, 4.69) is 6.92 Å². The summed E-state index contributed by atoms with van der Waals surface area (Å²) in [6.07, 6.45) is 3.33. The SMILES string of the molecule is CCCCCO.[W]. The Bertz CT molecular complexity index is 20.0. The van der Waals surface area contributed by atoms with Crippen LogP contribution in [0.1, 0.15) is 26.2 Å². The van der Waals surface area contributed by atoms with Gasteiger partial charge in [0.2, 0.25) is 0 Å². The van der Waals surface area contributed by atoms with Crippen molar-refractivity contribution in [3.05, 3.63) is 0 Å². The Balaban J connectivity index is 0. The number of hydrogen-bond donors (Lipinski definition) is 1. The summed E-state index contributed by atoms with van der Waals surface area (Å²) in [5.41, 5.74) is 0. The van der Waals surface area contributed by atoms with Crippen molar-refractivity contribution in [3.8, 4) is 0 Å². The Morgan fingerprint density at radius 3 is 2.00 bits per heavy atom. The van der Waals surface area contributed by atoms with Crippen LogP contribution in [0.25, 0.3) is 0 Å². The Morgan fingerprint density at radius 2 is 1.86 bits per heavy atom.